The third kappa shape index (κ3) is 2.41. The Labute approximate surface area is 122 Å². The highest BCUT2D eigenvalue weighted by molar-refractivity contribution is 5.82. The topological polar surface area (TPSA) is 83.7 Å². The second-order valence-corrected chi connectivity index (χ2v) is 4.67. The molecule has 0 spiro atoms. The van der Waals surface area contributed by atoms with Crippen molar-refractivity contribution in [1.82, 2.24) is 20.2 Å². The van der Waals surface area contributed by atoms with E-state index in [4.69, 9.17) is 5.73 Å². The monoisotopic (exact) mass is 308 g/mol. The molecule has 114 valence electrons. The average molecular weight is 308 g/mol. The molecule has 0 saturated carbocycles. The Kier molecular flexibility index (Phi) is 3.12. The lowest BCUT2D eigenvalue weighted by Gasteiger charge is -2.18. The van der Waals surface area contributed by atoms with Crippen LogP contribution < -0.4 is 10.6 Å². The lowest BCUT2D eigenvalue weighted by Crippen LogP contribution is -2.17. The number of aromatic nitrogens is 4. The number of fused-ring (bicyclic) bond motifs is 1. The maximum absolute atomic E-state index is 12.7. The average Bonchev–Trinajstić information content (AvgIpc) is 2.92. The normalized spacial score (nSPS) is 11.8. The summed E-state index contributed by atoms with van der Waals surface area (Å²) in [5.74, 6) is -0.531. The summed E-state index contributed by atoms with van der Waals surface area (Å²) in [7, 11) is 1.64. The van der Waals surface area contributed by atoms with Gasteiger partial charge in [0.15, 0.2) is 0 Å². The van der Waals surface area contributed by atoms with E-state index >= 15 is 0 Å². The number of nitrogens with one attached hydrogen (secondary N) is 1. The van der Waals surface area contributed by atoms with Gasteiger partial charge in [0.05, 0.1) is 11.7 Å². The molecule has 0 aliphatic rings. The zero-order valence-electron chi connectivity index (χ0n) is 11.4. The summed E-state index contributed by atoms with van der Waals surface area (Å²) < 4.78 is 38.0. The largest absolute Gasteiger partial charge is 0.421 e. The fraction of sp³-hybridized carbons (Fsp3) is 0.154. The van der Waals surface area contributed by atoms with Crippen molar-refractivity contribution in [3.8, 4) is 0 Å². The van der Waals surface area contributed by atoms with Gasteiger partial charge in [-0.3, -0.25) is 5.10 Å². The van der Waals surface area contributed by atoms with E-state index in [1.807, 2.05) is 6.07 Å². The summed E-state index contributed by atoms with van der Waals surface area (Å²) in [4.78, 5) is 9.01. The van der Waals surface area contributed by atoms with E-state index in [0.29, 0.717) is 11.9 Å². The van der Waals surface area contributed by atoms with Crippen LogP contribution in [0.5, 0.6) is 0 Å². The number of hydrogen-bond donors (Lipinski definition) is 2. The molecule has 9 heteroatoms. The second kappa shape index (κ2) is 4.86. The van der Waals surface area contributed by atoms with Crippen LogP contribution in [0.15, 0.2) is 30.6 Å². The number of nitrogens with zero attached hydrogens (tertiary/aromatic N) is 4. The first-order chi connectivity index (χ1) is 10.4. The summed E-state index contributed by atoms with van der Waals surface area (Å²) in [5, 5.41) is 7.64. The Hall–Kier alpha value is -2.84. The first kappa shape index (κ1) is 14.1. The molecule has 6 nitrogen and oxygen atoms in total. The van der Waals surface area contributed by atoms with Gasteiger partial charge in [-0.1, -0.05) is 0 Å². The van der Waals surface area contributed by atoms with Gasteiger partial charge in [-0.15, -0.1) is 0 Å². The van der Waals surface area contributed by atoms with Crippen molar-refractivity contribution in [2.45, 2.75) is 6.18 Å². The Balaban J connectivity index is 1.97. The lowest BCUT2D eigenvalue weighted by atomic mass is 10.2. The number of rotatable bonds is 2. The van der Waals surface area contributed by atoms with Gasteiger partial charge in [-0.05, 0) is 18.2 Å². The highest BCUT2D eigenvalue weighted by Crippen LogP contribution is 2.33. The summed E-state index contributed by atoms with van der Waals surface area (Å²) in [6.45, 7) is 0. The Bertz CT molecular complexity index is 826. The smallest absolute Gasteiger partial charge is 0.383 e. The van der Waals surface area contributed by atoms with Gasteiger partial charge in [-0.25, -0.2) is 4.98 Å². The number of nitrogen functional groups attached to an aromatic ring is 1. The zero-order valence-corrected chi connectivity index (χ0v) is 11.4. The quantitative estimate of drug-likeness (QED) is 0.760. The summed E-state index contributed by atoms with van der Waals surface area (Å²) in [5.41, 5.74) is 5.82. The number of nitrogens with two attached hydrogens (primary N) is 1. The third-order valence-corrected chi connectivity index (χ3v) is 3.22. The molecule has 3 N–H and O–H groups in total. The van der Waals surface area contributed by atoms with Crippen LogP contribution >= 0.6 is 0 Å². The van der Waals surface area contributed by atoms with Crippen molar-refractivity contribution < 1.29 is 13.2 Å². The summed E-state index contributed by atoms with van der Waals surface area (Å²) >= 11 is 0. The first-order valence-electron chi connectivity index (χ1n) is 6.23. The van der Waals surface area contributed by atoms with Crippen LogP contribution in [0.2, 0.25) is 0 Å². The SMILES string of the molecule is CN(c1ccc2cn[nH]c2c1)c1ncc(C(F)(F)F)c(N)n1. The zero-order chi connectivity index (χ0) is 15.9. The predicted octanol–water partition coefficient (Wildman–Crippen LogP) is 2.72. The van der Waals surface area contributed by atoms with Crippen molar-refractivity contribution in [3.63, 3.8) is 0 Å². The number of aromatic amines is 1. The highest BCUT2D eigenvalue weighted by Gasteiger charge is 2.34. The van der Waals surface area contributed by atoms with Crippen LogP contribution in [-0.4, -0.2) is 27.2 Å². The Morgan fingerprint density at radius 1 is 1.23 bits per heavy atom. The minimum atomic E-state index is -4.57. The van der Waals surface area contributed by atoms with Crippen LogP contribution in [0, 0.1) is 0 Å². The van der Waals surface area contributed by atoms with Crippen molar-refractivity contribution in [2.24, 2.45) is 0 Å². The molecule has 0 fully saturated rings. The molecule has 0 amide bonds. The molecular weight excluding hydrogens is 297 g/mol. The van der Waals surface area contributed by atoms with E-state index in [1.54, 1.807) is 25.4 Å². The van der Waals surface area contributed by atoms with Crippen molar-refractivity contribution in [2.75, 3.05) is 17.7 Å². The third-order valence-electron chi connectivity index (χ3n) is 3.22. The Morgan fingerprint density at radius 3 is 2.68 bits per heavy atom. The maximum atomic E-state index is 12.7. The number of halogens is 3. The fourth-order valence-electron chi connectivity index (χ4n) is 2.01. The molecule has 0 radical (unpaired) electrons. The second-order valence-electron chi connectivity index (χ2n) is 4.67. The van der Waals surface area contributed by atoms with Crippen LogP contribution in [0.25, 0.3) is 10.9 Å². The molecule has 0 aliphatic carbocycles. The van der Waals surface area contributed by atoms with Gasteiger partial charge < -0.3 is 10.6 Å². The molecule has 3 aromatic rings. The van der Waals surface area contributed by atoms with E-state index in [2.05, 4.69) is 20.2 Å². The molecule has 0 unspecified atom stereocenters. The molecule has 2 heterocycles. The van der Waals surface area contributed by atoms with E-state index in [1.165, 1.54) is 4.90 Å². The lowest BCUT2D eigenvalue weighted by molar-refractivity contribution is -0.137. The Morgan fingerprint density at radius 2 is 2.00 bits per heavy atom. The predicted molar refractivity (Wildman–Crippen MR) is 75.6 cm³/mol. The molecule has 0 aliphatic heterocycles. The van der Waals surface area contributed by atoms with Gasteiger partial charge in [-0.2, -0.15) is 23.3 Å². The number of anilines is 3. The molecule has 0 bridgehead atoms. The van der Waals surface area contributed by atoms with E-state index < -0.39 is 17.6 Å². The molecule has 3 rings (SSSR count). The number of hydrogen-bond acceptors (Lipinski definition) is 5. The highest BCUT2D eigenvalue weighted by atomic mass is 19.4. The molecule has 0 saturated heterocycles. The van der Waals surface area contributed by atoms with Gasteiger partial charge in [0, 0.05) is 24.3 Å². The van der Waals surface area contributed by atoms with Crippen LogP contribution in [-0.2, 0) is 6.18 Å². The number of benzene rings is 1. The number of alkyl halides is 3. The van der Waals surface area contributed by atoms with Gasteiger partial charge in [0.1, 0.15) is 11.4 Å². The van der Waals surface area contributed by atoms with Gasteiger partial charge in [0.25, 0.3) is 0 Å². The van der Waals surface area contributed by atoms with Crippen molar-refractivity contribution in [3.05, 3.63) is 36.2 Å². The van der Waals surface area contributed by atoms with Crippen LogP contribution in [0.3, 0.4) is 0 Å². The minimum absolute atomic E-state index is 0.0735. The van der Waals surface area contributed by atoms with Crippen molar-refractivity contribution in [1.29, 1.82) is 0 Å². The van der Waals surface area contributed by atoms with Gasteiger partial charge >= 0.3 is 6.18 Å². The van der Waals surface area contributed by atoms with Crippen molar-refractivity contribution >= 4 is 28.4 Å². The molecule has 22 heavy (non-hydrogen) atoms. The van der Waals surface area contributed by atoms with Crippen LogP contribution in [0.4, 0.5) is 30.6 Å². The molecule has 2 aromatic heterocycles. The van der Waals surface area contributed by atoms with E-state index in [0.717, 1.165) is 10.9 Å². The molecule has 1 aromatic carbocycles. The standard InChI is InChI=1S/C13H11F3N6/c1-22(8-3-2-7-5-19-21-10(7)4-8)12-18-6-9(11(17)20-12)13(14,15)16/h2-6H,1H3,(H,19,21)(H2,17,18,20). The van der Waals surface area contributed by atoms with E-state index in [9.17, 15) is 13.2 Å². The summed E-state index contributed by atoms with van der Waals surface area (Å²) in [6.07, 6.45) is -2.22. The van der Waals surface area contributed by atoms with E-state index in [-0.39, 0.29) is 5.95 Å². The van der Waals surface area contributed by atoms with Gasteiger partial charge in [0.2, 0.25) is 5.95 Å². The first-order valence-corrected chi connectivity index (χ1v) is 6.23. The summed E-state index contributed by atoms with van der Waals surface area (Å²) in [6, 6.07) is 5.41. The fourth-order valence-corrected chi connectivity index (χ4v) is 2.01. The molecule has 0 atom stereocenters. The minimum Gasteiger partial charge on any atom is -0.383 e. The molecular formula is C13H11F3N6. The number of H-pyrrole nitrogens is 1. The maximum Gasteiger partial charge on any atom is 0.421 e. The van der Waals surface area contributed by atoms with Crippen LogP contribution in [0.1, 0.15) is 5.56 Å².